The molecule has 1 N–H and O–H groups in total. The summed E-state index contributed by atoms with van der Waals surface area (Å²) < 4.78 is 0. The zero-order valence-corrected chi connectivity index (χ0v) is 12.8. The molecule has 3 atom stereocenters. The molecule has 19 heavy (non-hydrogen) atoms. The smallest absolute Gasteiger partial charge is 0.331 e. The molecule has 2 fully saturated rings. The fraction of sp³-hybridized carbons (Fsp3) is 0.824. The third-order valence-corrected chi connectivity index (χ3v) is 6.09. The Morgan fingerprint density at radius 2 is 2.00 bits per heavy atom. The van der Waals surface area contributed by atoms with Crippen LogP contribution in [-0.4, -0.2) is 11.1 Å². The van der Waals surface area contributed by atoms with Crippen molar-refractivity contribution in [3.8, 4) is 0 Å². The van der Waals surface area contributed by atoms with Crippen molar-refractivity contribution in [1.82, 2.24) is 0 Å². The molecule has 2 aliphatic rings. The Bertz CT molecular complexity index is 392. The molecule has 0 spiro atoms. The van der Waals surface area contributed by atoms with Gasteiger partial charge in [-0.25, -0.2) is 4.79 Å². The summed E-state index contributed by atoms with van der Waals surface area (Å²) in [6, 6.07) is 0. The van der Waals surface area contributed by atoms with Crippen LogP contribution in [0.4, 0.5) is 0 Å². The average molecular weight is 264 g/mol. The van der Waals surface area contributed by atoms with Gasteiger partial charge in [0.15, 0.2) is 0 Å². The van der Waals surface area contributed by atoms with E-state index in [0.29, 0.717) is 16.9 Å². The Balaban J connectivity index is 2.24. The molecule has 0 amide bonds. The molecule has 0 aromatic rings. The quantitative estimate of drug-likeness (QED) is 0.737. The maximum Gasteiger partial charge on any atom is 0.331 e. The van der Waals surface area contributed by atoms with Gasteiger partial charge in [0.25, 0.3) is 0 Å². The Kier molecular flexibility index (Phi) is 4.08. The van der Waals surface area contributed by atoms with Crippen LogP contribution in [0.3, 0.4) is 0 Å². The summed E-state index contributed by atoms with van der Waals surface area (Å²) >= 11 is 0. The van der Waals surface area contributed by atoms with Gasteiger partial charge in [0.05, 0.1) is 0 Å². The second kappa shape index (κ2) is 5.30. The van der Waals surface area contributed by atoms with Gasteiger partial charge >= 0.3 is 5.97 Å². The van der Waals surface area contributed by atoms with E-state index in [1.54, 1.807) is 6.92 Å². The second-order valence-corrected chi connectivity index (χ2v) is 7.15. The van der Waals surface area contributed by atoms with E-state index in [0.717, 1.165) is 24.7 Å². The minimum Gasteiger partial charge on any atom is -0.478 e. The molecule has 0 unspecified atom stereocenters. The molecular formula is C17H28O2. The van der Waals surface area contributed by atoms with Crippen LogP contribution in [-0.2, 0) is 4.79 Å². The maximum absolute atomic E-state index is 11.2. The zero-order valence-electron chi connectivity index (χ0n) is 12.8. The summed E-state index contributed by atoms with van der Waals surface area (Å²) in [7, 11) is 0. The molecule has 0 saturated heterocycles. The van der Waals surface area contributed by atoms with Gasteiger partial charge in [0.1, 0.15) is 0 Å². The maximum atomic E-state index is 11.2. The Hall–Kier alpha value is -0.790. The topological polar surface area (TPSA) is 37.3 Å². The molecule has 2 aliphatic carbocycles. The van der Waals surface area contributed by atoms with E-state index < -0.39 is 5.97 Å². The molecule has 0 bridgehead atoms. The van der Waals surface area contributed by atoms with Crippen LogP contribution in [0.15, 0.2) is 11.1 Å². The number of fused-ring (bicyclic) bond motifs is 1. The number of carboxylic acid groups (broad SMARTS) is 1. The highest BCUT2D eigenvalue weighted by molar-refractivity contribution is 5.86. The summed E-state index contributed by atoms with van der Waals surface area (Å²) in [5.41, 5.74) is 2.17. The lowest BCUT2D eigenvalue weighted by Gasteiger charge is -2.52. The fourth-order valence-electron chi connectivity index (χ4n) is 4.62. The second-order valence-electron chi connectivity index (χ2n) is 7.15. The number of allylic oxidation sites excluding steroid dienone is 1. The normalized spacial score (nSPS) is 36.5. The lowest BCUT2D eigenvalue weighted by atomic mass is 9.53. The van der Waals surface area contributed by atoms with Crippen LogP contribution < -0.4 is 0 Å². The van der Waals surface area contributed by atoms with Crippen molar-refractivity contribution >= 4 is 5.97 Å². The predicted molar refractivity (Wildman–Crippen MR) is 78.0 cm³/mol. The molecule has 2 heteroatoms. The van der Waals surface area contributed by atoms with Crippen molar-refractivity contribution in [2.75, 3.05) is 0 Å². The standard InChI is InChI=1S/C17H28O2/c1-5-14-9-8-12-6-7-13(11(2)16(18)19)10-15(12)17(14,3)4/h12,14-15H,5-10H2,1-4H3,(H,18,19)/t12-,14-,15+/m0/s1. The highest BCUT2D eigenvalue weighted by Gasteiger charge is 2.46. The van der Waals surface area contributed by atoms with E-state index in [1.807, 2.05) is 0 Å². The monoisotopic (exact) mass is 264 g/mol. The molecule has 0 aromatic heterocycles. The molecule has 108 valence electrons. The van der Waals surface area contributed by atoms with E-state index >= 15 is 0 Å². The van der Waals surface area contributed by atoms with E-state index in [9.17, 15) is 9.90 Å². The van der Waals surface area contributed by atoms with Crippen molar-refractivity contribution in [1.29, 1.82) is 0 Å². The number of carbonyl (C=O) groups is 1. The van der Waals surface area contributed by atoms with Gasteiger partial charge < -0.3 is 5.11 Å². The van der Waals surface area contributed by atoms with Gasteiger partial charge in [-0.3, -0.25) is 0 Å². The van der Waals surface area contributed by atoms with Crippen LogP contribution in [0.25, 0.3) is 0 Å². The fourth-order valence-corrected chi connectivity index (χ4v) is 4.62. The summed E-state index contributed by atoms with van der Waals surface area (Å²) in [5, 5.41) is 9.20. The Morgan fingerprint density at radius 1 is 1.32 bits per heavy atom. The van der Waals surface area contributed by atoms with Crippen LogP contribution in [0.5, 0.6) is 0 Å². The predicted octanol–water partition coefficient (Wildman–Crippen LogP) is 4.65. The largest absolute Gasteiger partial charge is 0.478 e. The first-order valence-electron chi connectivity index (χ1n) is 7.79. The minimum atomic E-state index is -0.728. The van der Waals surface area contributed by atoms with Gasteiger partial charge in [0.2, 0.25) is 0 Å². The van der Waals surface area contributed by atoms with Gasteiger partial charge in [-0.15, -0.1) is 0 Å². The van der Waals surface area contributed by atoms with Crippen molar-refractivity contribution < 1.29 is 9.90 Å². The van der Waals surface area contributed by atoms with Crippen molar-refractivity contribution in [2.45, 2.75) is 66.2 Å². The lowest BCUT2D eigenvalue weighted by Crippen LogP contribution is -2.43. The highest BCUT2D eigenvalue weighted by Crippen LogP contribution is 2.55. The first-order chi connectivity index (χ1) is 8.87. The summed E-state index contributed by atoms with van der Waals surface area (Å²) in [6.45, 7) is 8.91. The molecule has 0 heterocycles. The number of aliphatic carboxylic acids is 1. The number of hydrogen-bond acceptors (Lipinski definition) is 1. The van der Waals surface area contributed by atoms with E-state index in [2.05, 4.69) is 20.8 Å². The van der Waals surface area contributed by atoms with Crippen molar-refractivity contribution in [3.63, 3.8) is 0 Å². The lowest BCUT2D eigenvalue weighted by molar-refractivity contribution is -0.132. The van der Waals surface area contributed by atoms with Crippen LogP contribution in [0.2, 0.25) is 0 Å². The van der Waals surface area contributed by atoms with Gasteiger partial charge in [-0.05, 0) is 62.2 Å². The number of hydrogen-bond donors (Lipinski definition) is 1. The minimum absolute atomic E-state index is 0.363. The molecule has 0 radical (unpaired) electrons. The zero-order chi connectivity index (χ0) is 14.2. The van der Waals surface area contributed by atoms with Gasteiger partial charge in [0, 0.05) is 5.57 Å². The number of carboxylic acids is 1. The van der Waals surface area contributed by atoms with Crippen molar-refractivity contribution in [3.05, 3.63) is 11.1 Å². The molecule has 2 saturated carbocycles. The highest BCUT2D eigenvalue weighted by atomic mass is 16.4. The Labute approximate surface area is 117 Å². The molecule has 2 rings (SSSR count). The van der Waals surface area contributed by atoms with Crippen LogP contribution >= 0.6 is 0 Å². The molecule has 0 aromatic carbocycles. The molecule has 0 aliphatic heterocycles. The van der Waals surface area contributed by atoms with Crippen LogP contribution in [0, 0.1) is 23.2 Å². The van der Waals surface area contributed by atoms with E-state index in [-0.39, 0.29) is 0 Å². The average Bonchev–Trinajstić information content (AvgIpc) is 2.37. The summed E-state index contributed by atoms with van der Waals surface area (Å²) in [5.74, 6) is 1.58. The van der Waals surface area contributed by atoms with Gasteiger partial charge in [-0.1, -0.05) is 32.8 Å². The third kappa shape index (κ3) is 2.59. The third-order valence-electron chi connectivity index (χ3n) is 6.09. The summed E-state index contributed by atoms with van der Waals surface area (Å²) in [6.07, 6.45) is 7.20. The van der Waals surface area contributed by atoms with Crippen LogP contribution in [0.1, 0.15) is 66.2 Å². The SMILES string of the molecule is CC[C@H]1CC[C@@H]2CCC(=C(C)C(=O)O)C[C@H]2C1(C)C. The van der Waals surface area contributed by atoms with Crippen molar-refractivity contribution in [2.24, 2.45) is 23.2 Å². The summed E-state index contributed by atoms with van der Waals surface area (Å²) in [4.78, 5) is 11.2. The van der Waals surface area contributed by atoms with E-state index in [1.165, 1.54) is 31.3 Å². The van der Waals surface area contributed by atoms with E-state index in [4.69, 9.17) is 0 Å². The number of rotatable bonds is 2. The first kappa shape index (κ1) is 14.6. The molecular weight excluding hydrogens is 236 g/mol. The molecule has 2 nitrogen and oxygen atoms in total. The van der Waals surface area contributed by atoms with Gasteiger partial charge in [-0.2, -0.15) is 0 Å². The Morgan fingerprint density at radius 3 is 2.58 bits per heavy atom. The first-order valence-corrected chi connectivity index (χ1v) is 7.79.